The Kier molecular flexibility index (Phi) is 5.55. The Morgan fingerprint density at radius 2 is 1.96 bits per heavy atom. The first-order valence-corrected chi connectivity index (χ1v) is 10.7. The summed E-state index contributed by atoms with van der Waals surface area (Å²) in [4.78, 5) is 2.08. The van der Waals surface area contributed by atoms with E-state index in [4.69, 9.17) is 21.1 Å². The standard InChI is InChI=1S/C19H23ClN2O4S/c1-21(2)15-11-16-18(25-3)9-8-17(19(16)26-12-15)22(27(4,23)24)14-7-5-6-13(20)10-14/h5-10,15H,11-12H2,1-4H3/t15-/m1/s1. The molecule has 0 bridgehead atoms. The Morgan fingerprint density at radius 3 is 2.56 bits per heavy atom. The zero-order valence-corrected chi connectivity index (χ0v) is 17.3. The molecular formula is C19H23ClN2O4S. The van der Waals surface area contributed by atoms with Crippen LogP contribution in [0.15, 0.2) is 36.4 Å². The summed E-state index contributed by atoms with van der Waals surface area (Å²) in [6, 6.07) is 10.4. The van der Waals surface area contributed by atoms with Gasteiger partial charge in [-0.15, -0.1) is 0 Å². The van der Waals surface area contributed by atoms with Crippen LogP contribution in [-0.2, 0) is 16.4 Å². The average Bonchev–Trinajstić information content (AvgIpc) is 2.60. The first-order valence-electron chi connectivity index (χ1n) is 8.47. The zero-order valence-electron chi connectivity index (χ0n) is 15.8. The third kappa shape index (κ3) is 4.00. The maximum atomic E-state index is 12.6. The number of rotatable bonds is 5. The molecule has 146 valence electrons. The third-order valence-electron chi connectivity index (χ3n) is 4.60. The minimum atomic E-state index is -3.63. The number of ether oxygens (including phenoxy) is 2. The smallest absolute Gasteiger partial charge is 0.236 e. The van der Waals surface area contributed by atoms with Crippen molar-refractivity contribution in [2.75, 3.05) is 38.4 Å². The first-order chi connectivity index (χ1) is 12.7. The Hall–Kier alpha value is -1.96. The van der Waals surface area contributed by atoms with Gasteiger partial charge in [0, 0.05) is 16.6 Å². The second-order valence-electron chi connectivity index (χ2n) is 6.73. The number of benzene rings is 2. The van der Waals surface area contributed by atoms with E-state index in [2.05, 4.69) is 4.90 Å². The van der Waals surface area contributed by atoms with Crippen molar-refractivity contribution in [3.8, 4) is 11.5 Å². The van der Waals surface area contributed by atoms with Gasteiger partial charge in [-0.25, -0.2) is 12.7 Å². The van der Waals surface area contributed by atoms with Crippen LogP contribution in [0.25, 0.3) is 0 Å². The molecular weight excluding hydrogens is 388 g/mol. The fourth-order valence-corrected chi connectivity index (χ4v) is 4.40. The molecule has 1 heterocycles. The first kappa shape index (κ1) is 19.8. The van der Waals surface area contributed by atoms with E-state index < -0.39 is 10.0 Å². The summed E-state index contributed by atoms with van der Waals surface area (Å²) in [5, 5.41) is 0.456. The number of methoxy groups -OCH3 is 1. The van der Waals surface area contributed by atoms with Gasteiger partial charge in [0.1, 0.15) is 12.4 Å². The van der Waals surface area contributed by atoms with Gasteiger partial charge in [0.15, 0.2) is 5.75 Å². The van der Waals surface area contributed by atoms with Gasteiger partial charge in [0.2, 0.25) is 10.0 Å². The van der Waals surface area contributed by atoms with Gasteiger partial charge in [-0.2, -0.15) is 0 Å². The fourth-order valence-electron chi connectivity index (χ4n) is 3.22. The largest absolute Gasteiger partial charge is 0.496 e. The summed E-state index contributed by atoms with van der Waals surface area (Å²) in [5.74, 6) is 1.21. The lowest BCUT2D eigenvalue weighted by atomic mass is 9.99. The topological polar surface area (TPSA) is 59.1 Å². The SMILES string of the molecule is COc1ccc(N(c2cccc(Cl)c2)S(C)(=O)=O)c2c1C[C@@H](N(C)C)CO2. The molecule has 0 radical (unpaired) electrons. The zero-order chi connectivity index (χ0) is 19.8. The van der Waals surface area contributed by atoms with Gasteiger partial charge >= 0.3 is 0 Å². The molecule has 27 heavy (non-hydrogen) atoms. The molecule has 0 aromatic heterocycles. The minimum absolute atomic E-state index is 0.180. The van der Waals surface area contributed by atoms with E-state index in [0.717, 1.165) is 11.8 Å². The van der Waals surface area contributed by atoms with E-state index in [-0.39, 0.29) is 6.04 Å². The Labute approximate surface area is 165 Å². The fraction of sp³-hybridized carbons (Fsp3) is 0.368. The van der Waals surface area contributed by atoms with Crippen molar-refractivity contribution in [3.63, 3.8) is 0 Å². The highest BCUT2D eigenvalue weighted by atomic mass is 35.5. The predicted octanol–water partition coefficient (Wildman–Crippen LogP) is 3.31. The molecule has 1 aliphatic rings. The van der Waals surface area contributed by atoms with E-state index in [1.807, 2.05) is 14.1 Å². The summed E-state index contributed by atoms with van der Waals surface area (Å²) < 4.78 is 38.1. The van der Waals surface area contributed by atoms with Crippen LogP contribution >= 0.6 is 11.6 Å². The van der Waals surface area contributed by atoms with Crippen LogP contribution in [0.3, 0.4) is 0 Å². The Balaban J connectivity index is 2.19. The molecule has 2 aromatic rings. The van der Waals surface area contributed by atoms with E-state index >= 15 is 0 Å². The van der Waals surface area contributed by atoms with E-state index in [9.17, 15) is 8.42 Å². The number of sulfonamides is 1. The number of fused-ring (bicyclic) bond motifs is 1. The van der Waals surface area contributed by atoms with Crippen LogP contribution in [0.4, 0.5) is 11.4 Å². The molecule has 0 unspecified atom stereocenters. The van der Waals surface area contributed by atoms with Crippen LogP contribution in [-0.4, -0.2) is 53.4 Å². The lowest BCUT2D eigenvalue weighted by molar-refractivity contribution is 0.163. The Bertz CT molecular complexity index is 947. The Morgan fingerprint density at radius 1 is 1.22 bits per heavy atom. The number of hydrogen-bond acceptors (Lipinski definition) is 5. The van der Waals surface area contributed by atoms with Gasteiger partial charge in [0.05, 0.1) is 24.7 Å². The summed E-state index contributed by atoms with van der Waals surface area (Å²) >= 11 is 6.09. The molecule has 0 amide bonds. The lowest BCUT2D eigenvalue weighted by Crippen LogP contribution is -2.39. The highest BCUT2D eigenvalue weighted by Gasteiger charge is 2.31. The van der Waals surface area contributed by atoms with Crippen LogP contribution in [0.5, 0.6) is 11.5 Å². The van der Waals surface area contributed by atoms with E-state index in [1.165, 1.54) is 4.31 Å². The van der Waals surface area contributed by atoms with Crippen molar-refractivity contribution < 1.29 is 17.9 Å². The number of anilines is 2. The van der Waals surface area contributed by atoms with E-state index in [0.29, 0.717) is 40.9 Å². The summed E-state index contributed by atoms with van der Waals surface area (Å²) in [5.41, 5.74) is 1.76. The summed E-state index contributed by atoms with van der Waals surface area (Å²) in [6.07, 6.45) is 1.86. The highest BCUT2D eigenvalue weighted by Crippen LogP contribution is 2.45. The molecule has 0 saturated heterocycles. The molecule has 0 saturated carbocycles. The van der Waals surface area contributed by atoms with Crippen molar-refractivity contribution in [1.29, 1.82) is 0 Å². The van der Waals surface area contributed by atoms with Gasteiger partial charge < -0.3 is 14.4 Å². The quantitative estimate of drug-likeness (QED) is 0.756. The van der Waals surface area contributed by atoms with Crippen molar-refractivity contribution in [3.05, 3.63) is 47.0 Å². The molecule has 2 aromatic carbocycles. The molecule has 1 aliphatic heterocycles. The highest BCUT2D eigenvalue weighted by molar-refractivity contribution is 7.92. The maximum absolute atomic E-state index is 12.6. The van der Waals surface area contributed by atoms with Gasteiger partial charge in [-0.05, 0) is 50.8 Å². The number of likely N-dealkylation sites (N-methyl/N-ethyl adjacent to an activating group) is 1. The van der Waals surface area contributed by atoms with Crippen LogP contribution < -0.4 is 13.8 Å². The maximum Gasteiger partial charge on any atom is 0.236 e. The number of hydrogen-bond donors (Lipinski definition) is 0. The van der Waals surface area contributed by atoms with Gasteiger partial charge in [-0.1, -0.05) is 17.7 Å². The normalized spacial score (nSPS) is 16.6. The summed E-state index contributed by atoms with van der Waals surface area (Å²) in [7, 11) is 1.95. The molecule has 0 N–H and O–H groups in total. The van der Waals surface area contributed by atoms with Gasteiger partial charge in [-0.3, -0.25) is 0 Å². The second kappa shape index (κ2) is 7.58. The lowest BCUT2D eigenvalue weighted by Gasteiger charge is -2.34. The minimum Gasteiger partial charge on any atom is -0.496 e. The summed E-state index contributed by atoms with van der Waals surface area (Å²) in [6.45, 7) is 0.466. The van der Waals surface area contributed by atoms with Gasteiger partial charge in [0.25, 0.3) is 0 Å². The number of nitrogens with zero attached hydrogens (tertiary/aromatic N) is 2. The van der Waals surface area contributed by atoms with Crippen LogP contribution in [0.1, 0.15) is 5.56 Å². The van der Waals surface area contributed by atoms with Crippen molar-refractivity contribution in [2.24, 2.45) is 0 Å². The monoisotopic (exact) mass is 410 g/mol. The molecule has 0 fully saturated rings. The molecule has 8 heteroatoms. The number of halogens is 1. The molecule has 0 spiro atoms. The molecule has 1 atom stereocenters. The predicted molar refractivity (Wildman–Crippen MR) is 108 cm³/mol. The van der Waals surface area contributed by atoms with Crippen LogP contribution in [0, 0.1) is 0 Å². The van der Waals surface area contributed by atoms with Crippen LogP contribution in [0.2, 0.25) is 5.02 Å². The molecule has 3 rings (SSSR count). The average molecular weight is 411 g/mol. The molecule has 0 aliphatic carbocycles. The van der Waals surface area contributed by atoms with E-state index in [1.54, 1.807) is 43.5 Å². The third-order valence-corrected chi connectivity index (χ3v) is 5.91. The van der Waals surface area contributed by atoms with Crippen molar-refractivity contribution in [1.82, 2.24) is 4.90 Å². The van der Waals surface area contributed by atoms with Crippen molar-refractivity contribution in [2.45, 2.75) is 12.5 Å². The van der Waals surface area contributed by atoms with Crippen molar-refractivity contribution >= 4 is 33.0 Å². The second-order valence-corrected chi connectivity index (χ2v) is 9.00. The molecule has 6 nitrogen and oxygen atoms in total.